The Morgan fingerprint density at radius 3 is 2.28 bits per heavy atom. The van der Waals surface area contributed by atoms with Gasteiger partial charge in [-0.25, -0.2) is 0 Å². The molecule has 1 N–H and O–H groups in total. The molecule has 1 amide bonds. The van der Waals surface area contributed by atoms with E-state index in [0.29, 0.717) is 0 Å². The van der Waals surface area contributed by atoms with Crippen LogP contribution < -0.4 is 5.32 Å². The van der Waals surface area contributed by atoms with Crippen molar-refractivity contribution in [3.63, 3.8) is 0 Å². The van der Waals surface area contributed by atoms with Crippen molar-refractivity contribution in [1.82, 2.24) is 5.32 Å². The summed E-state index contributed by atoms with van der Waals surface area (Å²) >= 11 is 0. The quantitative estimate of drug-likeness (QED) is 0.644. The van der Waals surface area contributed by atoms with Gasteiger partial charge in [0, 0.05) is 12.6 Å². The molecular formula is C16H13NO. The summed E-state index contributed by atoms with van der Waals surface area (Å²) in [5, 5.41) is 7.12. The Morgan fingerprint density at radius 2 is 1.56 bits per heavy atom. The van der Waals surface area contributed by atoms with Gasteiger partial charge in [0.15, 0.2) is 0 Å². The monoisotopic (exact) mass is 235 g/mol. The van der Waals surface area contributed by atoms with Crippen LogP contribution in [0.25, 0.3) is 21.5 Å². The second-order valence-corrected chi connectivity index (χ2v) is 4.31. The third-order valence-corrected chi connectivity index (χ3v) is 3.22. The van der Waals surface area contributed by atoms with E-state index in [1.807, 2.05) is 30.3 Å². The summed E-state index contributed by atoms with van der Waals surface area (Å²) in [6.45, 7) is 0. The highest BCUT2D eigenvalue weighted by Crippen LogP contribution is 2.25. The third-order valence-electron chi connectivity index (χ3n) is 3.22. The van der Waals surface area contributed by atoms with Crippen LogP contribution in [0.4, 0.5) is 0 Å². The lowest BCUT2D eigenvalue weighted by Gasteiger charge is -2.07. The fourth-order valence-electron chi connectivity index (χ4n) is 2.30. The van der Waals surface area contributed by atoms with Crippen molar-refractivity contribution in [2.45, 2.75) is 0 Å². The van der Waals surface area contributed by atoms with E-state index >= 15 is 0 Å². The van der Waals surface area contributed by atoms with E-state index in [2.05, 4.69) is 29.6 Å². The van der Waals surface area contributed by atoms with Crippen LogP contribution in [-0.4, -0.2) is 13.0 Å². The zero-order valence-electron chi connectivity index (χ0n) is 10.1. The fraction of sp³-hybridized carbons (Fsp3) is 0.0625. The Balaban J connectivity index is 2.39. The number of amides is 1. The van der Waals surface area contributed by atoms with Crippen molar-refractivity contribution in [2.24, 2.45) is 0 Å². The minimum absolute atomic E-state index is 0.0455. The van der Waals surface area contributed by atoms with E-state index in [-0.39, 0.29) is 5.91 Å². The molecule has 0 saturated heterocycles. The molecule has 0 atom stereocenters. The SMILES string of the molecule is CNC(=O)c1cccc2cc3ccccc3cc12. The lowest BCUT2D eigenvalue weighted by atomic mass is 9.99. The molecule has 3 rings (SSSR count). The third kappa shape index (κ3) is 1.63. The topological polar surface area (TPSA) is 29.1 Å². The molecular weight excluding hydrogens is 222 g/mol. The number of fused-ring (bicyclic) bond motifs is 2. The molecule has 0 spiro atoms. The van der Waals surface area contributed by atoms with Crippen LogP contribution in [0.15, 0.2) is 54.6 Å². The highest BCUT2D eigenvalue weighted by atomic mass is 16.1. The van der Waals surface area contributed by atoms with Gasteiger partial charge < -0.3 is 5.32 Å². The van der Waals surface area contributed by atoms with Gasteiger partial charge in [0.05, 0.1) is 0 Å². The summed E-state index contributed by atoms with van der Waals surface area (Å²) in [6, 6.07) is 18.2. The van der Waals surface area contributed by atoms with Gasteiger partial charge >= 0.3 is 0 Å². The molecule has 0 radical (unpaired) electrons. The summed E-state index contributed by atoms with van der Waals surface area (Å²) in [6.07, 6.45) is 0. The number of rotatable bonds is 1. The van der Waals surface area contributed by atoms with Crippen LogP contribution in [0.1, 0.15) is 10.4 Å². The number of carbonyl (C=O) groups is 1. The Morgan fingerprint density at radius 1 is 0.889 bits per heavy atom. The summed E-state index contributed by atoms with van der Waals surface area (Å²) in [4.78, 5) is 11.9. The van der Waals surface area contributed by atoms with Gasteiger partial charge in [-0.1, -0.05) is 36.4 Å². The van der Waals surface area contributed by atoms with Crippen molar-refractivity contribution in [1.29, 1.82) is 0 Å². The van der Waals surface area contributed by atoms with Crippen molar-refractivity contribution >= 4 is 27.5 Å². The maximum absolute atomic E-state index is 11.9. The first-order valence-corrected chi connectivity index (χ1v) is 5.93. The second-order valence-electron chi connectivity index (χ2n) is 4.31. The van der Waals surface area contributed by atoms with Crippen LogP contribution in [0.2, 0.25) is 0 Å². The molecule has 88 valence electrons. The van der Waals surface area contributed by atoms with E-state index in [4.69, 9.17) is 0 Å². The Kier molecular flexibility index (Phi) is 2.49. The molecule has 0 aliphatic heterocycles. The second kappa shape index (κ2) is 4.15. The van der Waals surface area contributed by atoms with Crippen molar-refractivity contribution < 1.29 is 4.79 Å². The highest BCUT2D eigenvalue weighted by Gasteiger charge is 2.08. The molecule has 0 saturated carbocycles. The first kappa shape index (κ1) is 10.8. The standard InChI is InChI=1S/C16H13NO/c1-17-16(18)14-8-4-7-13-9-11-5-2-3-6-12(11)10-15(13)14/h2-10H,1H3,(H,17,18). The average Bonchev–Trinajstić information content (AvgIpc) is 2.43. The van der Waals surface area contributed by atoms with Gasteiger partial charge in [0.2, 0.25) is 0 Å². The molecule has 0 aliphatic carbocycles. The van der Waals surface area contributed by atoms with Crippen molar-refractivity contribution in [3.8, 4) is 0 Å². The number of nitrogens with one attached hydrogen (secondary N) is 1. The number of carbonyl (C=O) groups excluding carboxylic acids is 1. The minimum atomic E-state index is -0.0455. The van der Waals surface area contributed by atoms with E-state index in [9.17, 15) is 4.79 Å². The summed E-state index contributed by atoms with van der Waals surface area (Å²) < 4.78 is 0. The van der Waals surface area contributed by atoms with Crippen LogP contribution in [-0.2, 0) is 0 Å². The summed E-state index contributed by atoms with van der Waals surface area (Å²) in [5.41, 5.74) is 0.723. The maximum atomic E-state index is 11.9. The zero-order chi connectivity index (χ0) is 12.5. The molecule has 0 heterocycles. The predicted molar refractivity (Wildman–Crippen MR) is 74.8 cm³/mol. The smallest absolute Gasteiger partial charge is 0.251 e. The minimum Gasteiger partial charge on any atom is -0.355 e. The van der Waals surface area contributed by atoms with E-state index in [1.165, 1.54) is 5.39 Å². The molecule has 0 unspecified atom stereocenters. The van der Waals surface area contributed by atoms with Crippen molar-refractivity contribution in [2.75, 3.05) is 7.05 Å². The van der Waals surface area contributed by atoms with Gasteiger partial charge in [-0.2, -0.15) is 0 Å². The Labute approximate surface area is 105 Å². The van der Waals surface area contributed by atoms with E-state index in [1.54, 1.807) is 7.05 Å². The summed E-state index contributed by atoms with van der Waals surface area (Å²) in [7, 11) is 1.65. The van der Waals surface area contributed by atoms with Gasteiger partial charge in [-0.3, -0.25) is 4.79 Å². The fourth-order valence-corrected chi connectivity index (χ4v) is 2.30. The van der Waals surface area contributed by atoms with Crippen molar-refractivity contribution in [3.05, 3.63) is 60.2 Å². The Bertz CT molecular complexity index is 746. The van der Waals surface area contributed by atoms with Gasteiger partial charge in [0.25, 0.3) is 5.91 Å². The number of benzene rings is 3. The largest absolute Gasteiger partial charge is 0.355 e. The summed E-state index contributed by atoms with van der Waals surface area (Å²) in [5.74, 6) is -0.0455. The molecule has 2 heteroatoms. The number of hydrogen-bond donors (Lipinski definition) is 1. The van der Waals surface area contributed by atoms with Gasteiger partial charge in [0.1, 0.15) is 0 Å². The van der Waals surface area contributed by atoms with Crippen LogP contribution in [0.3, 0.4) is 0 Å². The molecule has 2 nitrogen and oxygen atoms in total. The molecule has 0 bridgehead atoms. The molecule has 0 aromatic heterocycles. The van der Waals surface area contributed by atoms with Gasteiger partial charge in [-0.15, -0.1) is 0 Å². The molecule has 18 heavy (non-hydrogen) atoms. The maximum Gasteiger partial charge on any atom is 0.251 e. The lowest BCUT2D eigenvalue weighted by molar-refractivity contribution is 0.0965. The van der Waals surface area contributed by atoms with Crippen LogP contribution >= 0.6 is 0 Å². The molecule has 0 aliphatic rings. The predicted octanol–water partition coefficient (Wildman–Crippen LogP) is 3.35. The molecule has 0 fully saturated rings. The molecule has 3 aromatic carbocycles. The Hall–Kier alpha value is -2.35. The lowest BCUT2D eigenvalue weighted by Crippen LogP contribution is -2.17. The first-order valence-electron chi connectivity index (χ1n) is 5.93. The van der Waals surface area contributed by atoms with Crippen LogP contribution in [0, 0.1) is 0 Å². The first-order chi connectivity index (χ1) is 8.79. The normalized spacial score (nSPS) is 10.7. The zero-order valence-corrected chi connectivity index (χ0v) is 10.1. The van der Waals surface area contributed by atoms with Gasteiger partial charge in [-0.05, 0) is 39.7 Å². The van der Waals surface area contributed by atoms with Crippen LogP contribution in [0.5, 0.6) is 0 Å². The van der Waals surface area contributed by atoms with E-state index < -0.39 is 0 Å². The number of hydrogen-bond acceptors (Lipinski definition) is 1. The highest BCUT2D eigenvalue weighted by molar-refractivity contribution is 6.10. The van der Waals surface area contributed by atoms with E-state index in [0.717, 1.165) is 21.7 Å². The average molecular weight is 235 g/mol. The molecule has 3 aromatic rings.